The van der Waals surface area contributed by atoms with Crippen molar-refractivity contribution in [2.45, 2.75) is 0 Å². The summed E-state index contributed by atoms with van der Waals surface area (Å²) in [6.45, 7) is 0. The fourth-order valence-electron chi connectivity index (χ4n) is 1.93. The van der Waals surface area contributed by atoms with Crippen LogP contribution >= 0.6 is 11.3 Å². The largest absolute Gasteiger partial charge is 0.311 e. The van der Waals surface area contributed by atoms with Crippen molar-refractivity contribution < 1.29 is 0 Å². The average molecular weight is 215 g/mol. The van der Waals surface area contributed by atoms with Crippen LogP contribution in [-0.2, 0) is 7.05 Å². The van der Waals surface area contributed by atoms with Gasteiger partial charge < -0.3 is 4.57 Å². The Bertz CT molecular complexity index is 708. The van der Waals surface area contributed by atoms with E-state index in [4.69, 9.17) is 0 Å². The summed E-state index contributed by atoms with van der Waals surface area (Å²) in [5.41, 5.74) is 1.09. The molecule has 3 aromatic rings. The van der Waals surface area contributed by atoms with E-state index in [9.17, 15) is 4.79 Å². The third-order valence-corrected chi connectivity index (χ3v) is 3.66. The summed E-state index contributed by atoms with van der Waals surface area (Å²) in [5, 5.41) is 3.95. The van der Waals surface area contributed by atoms with Crippen LogP contribution < -0.4 is 5.56 Å². The molecule has 0 atom stereocenters. The van der Waals surface area contributed by atoms with Crippen LogP contribution in [0.25, 0.3) is 21.0 Å². The van der Waals surface area contributed by atoms with E-state index in [0.29, 0.717) is 0 Å². The van der Waals surface area contributed by atoms with Crippen LogP contribution in [-0.4, -0.2) is 4.57 Å². The molecule has 0 aliphatic heterocycles. The highest BCUT2D eigenvalue weighted by Crippen LogP contribution is 2.26. The Morgan fingerprint density at radius 3 is 2.80 bits per heavy atom. The van der Waals surface area contributed by atoms with Crippen molar-refractivity contribution >= 4 is 32.3 Å². The summed E-state index contributed by atoms with van der Waals surface area (Å²) in [7, 11) is 1.82. The van der Waals surface area contributed by atoms with Crippen LogP contribution in [0.1, 0.15) is 0 Å². The molecule has 0 fully saturated rings. The van der Waals surface area contributed by atoms with Crippen LogP contribution in [0.5, 0.6) is 0 Å². The average Bonchev–Trinajstić information content (AvgIpc) is 2.75. The predicted molar refractivity (Wildman–Crippen MR) is 64.6 cm³/mol. The lowest BCUT2D eigenvalue weighted by Gasteiger charge is -2.05. The van der Waals surface area contributed by atoms with E-state index in [0.717, 1.165) is 21.0 Å². The van der Waals surface area contributed by atoms with E-state index >= 15 is 0 Å². The summed E-state index contributed by atoms with van der Waals surface area (Å²) < 4.78 is 2.80. The number of thiophene rings is 1. The van der Waals surface area contributed by atoms with Crippen LogP contribution in [0.4, 0.5) is 0 Å². The molecule has 0 N–H and O–H groups in total. The van der Waals surface area contributed by atoms with Gasteiger partial charge in [0.1, 0.15) is 0 Å². The molecule has 0 radical (unpaired) electrons. The van der Waals surface area contributed by atoms with Gasteiger partial charge in [0.25, 0.3) is 5.56 Å². The summed E-state index contributed by atoms with van der Waals surface area (Å²) in [5.74, 6) is 0. The molecule has 0 unspecified atom stereocenters. The first-order valence-electron chi connectivity index (χ1n) is 4.74. The van der Waals surface area contributed by atoms with Gasteiger partial charge in [0, 0.05) is 17.1 Å². The molecule has 0 saturated heterocycles. The maximum absolute atomic E-state index is 12.0. The number of para-hydroxylation sites is 1. The van der Waals surface area contributed by atoms with Gasteiger partial charge in [-0.1, -0.05) is 18.2 Å². The zero-order valence-electron chi connectivity index (χ0n) is 8.23. The van der Waals surface area contributed by atoms with Crippen molar-refractivity contribution in [2.24, 2.45) is 7.05 Å². The second-order valence-corrected chi connectivity index (χ2v) is 4.46. The Hall–Kier alpha value is -1.61. The number of fused-ring (bicyclic) bond motifs is 3. The minimum atomic E-state index is 0.0879. The number of rotatable bonds is 0. The van der Waals surface area contributed by atoms with E-state index in [1.165, 1.54) is 0 Å². The molecule has 0 aliphatic carbocycles. The first-order chi connectivity index (χ1) is 7.29. The monoisotopic (exact) mass is 215 g/mol. The predicted octanol–water partition coefficient (Wildman–Crippen LogP) is 2.75. The minimum absolute atomic E-state index is 0.0879. The number of benzene rings is 1. The van der Waals surface area contributed by atoms with E-state index in [1.54, 1.807) is 15.9 Å². The lowest BCUT2D eigenvalue weighted by molar-refractivity contribution is 0.919. The second kappa shape index (κ2) is 2.94. The Kier molecular flexibility index (Phi) is 1.70. The Labute approximate surface area is 90.4 Å². The number of hydrogen-bond donors (Lipinski definition) is 0. The smallest absolute Gasteiger partial charge is 0.259 e. The molecule has 15 heavy (non-hydrogen) atoms. The maximum Gasteiger partial charge on any atom is 0.259 e. The maximum atomic E-state index is 12.0. The first-order valence-corrected chi connectivity index (χ1v) is 5.62. The zero-order valence-corrected chi connectivity index (χ0v) is 9.04. The Balaban J connectivity index is 2.77. The number of aromatic nitrogens is 1. The molecule has 2 nitrogen and oxygen atoms in total. The molecular formula is C12H9NOS. The molecule has 74 valence electrons. The van der Waals surface area contributed by atoms with Crippen LogP contribution in [0.2, 0.25) is 0 Å². The number of nitrogens with zero attached hydrogens (tertiary/aromatic N) is 1. The van der Waals surface area contributed by atoms with Crippen molar-refractivity contribution in [3.05, 3.63) is 46.1 Å². The topological polar surface area (TPSA) is 22.0 Å². The van der Waals surface area contributed by atoms with E-state index < -0.39 is 0 Å². The first kappa shape index (κ1) is 8.68. The van der Waals surface area contributed by atoms with Gasteiger partial charge in [-0.05, 0) is 17.5 Å². The number of aryl methyl sites for hydroxylation is 1. The molecule has 2 heterocycles. The lowest BCUT2D eigenvalue weighted by Crippen LogP contribution is -2.16. The standard InChI is InChI=1S/C12H9NOS/c1-13-10-5-3-2-4-8(10)11-9(12(13)14)6-7-15-11/h2-7H,1H3. The number of pyridine rings is 1. The van der Waals surface area contributed by atoms with Gasteiger partial charge in [-0.25, -0.2) is 0 Å². The van der Waals surface area contributed by atoms with Crippen LogP contribution in [0.15, 0.2) is 40.5 Å². The molecule has 0 spiro atoms. The second-order valence-electron chi connectivity index (χ2n) is 3.54. The van der Waals surface area contributed by atoms with E-state index in [1.807, 2.05) is 36.7 Å². The van der Waals surface area contributed by atoms with Gasteiger partial charge in [0.2, 0.25) is 0 Å². The van der Waals surface area contributed by atoms with Crippen molar-refractivity contribution in [1.82, 2.24) is 4.57 Å². The lowest BCUT2D eigenvalue weighted by atomic mass is 10.2. The van der Waals surface area contributed by atoms with E-state index in [-0.39, 0.29) is 5.56 Å². The van der Waals surface area contributed by atoms with Crippen molar-refractivity contribution in [3.8, 4) is 0 Å². The fourth-order valence-corrected chi connectivity index (χ4v) is 2.86. The highest BCUT2D eigenvalue weighted by atomic mass is 32.1. The molecule has 0 amide bonds. The van der Waals surface area contributed by atoms with Gasteiger partial charge in [-0.15, -0.1) is 11.3 Å². The molecule has 1 aromatic carbocycles. The molecule has 0 aliphatic rings. The molecule has 3 rings (SSSR count). The van der Waals surface area contributed by atoms with Crippen molar-refractivity contribution in [3.63, 3.8) is 0 Å². The molecule has 0 saturated carbocycles. The molecular weight excluding hydrogens is 206 g/mol. The third-order valence-electron chi connectivity index (χ3n) is 2.71. The van der Waals surface area contributed by atoms with Crippen LogP contribution in [0, 0.1) is 0 Å². The molecule has 2 aromatic heterocycles. The highest BCUT2D eigenvalue weighted by molar-refractivity contribution is 7.18. The summed E-state index contributed by atoms with van der Waals surface area (Å²) in [4.78, 5) is 12.0. The summed E-state index contributed by atoms with van der Waals surface area (Å²) in [6, 6.07) is 9.91. The normalized spacial score (nSPS) is 11.3. The van der Waals surface area contributed by atoms with Gasteiger partial charge in [0.15, 0.2) is 0 Å². The summed E-state index contributed by atoms with van der Waals surface area (Å²) >= 11 is 1.63. The van der Waals surface area contributed by atoms with Gasteiger partial charge >= 0.3 is 0 Å². The van der Waals surface area contributed by atoms with Crippen LogP contribution in [0.3, 0.4) is 0 Å². The highest BCUT2D eigenvalue weighted by Gasteiger charge is 2.07. The van der Waals surface area contributed by atoms with Crippen molar-refractivity contribution in [1.29, 1.82) is 0 Å². The third kappa shape index (κ3) is 1.07. The molecule has 3 heteroatoms. The van der Waals surface area contributed by atoms with Gasteiger partial charge in [0.05, 0.1) is 10.9 Å². The SMILES string of the molecule is Cn1c(=O)c2ccsc2c2ccccc21. The Morgan fingerprint density at radius 2 is 1.93 bits per heavy atom. The van der Waals surface area contributed by atoms with Gasteiger partial charge in [-0.2, -0.15) is 0 Å². The quantitative estimate of drug-likeness (QED) is 0.565. The minimum Gasteiger partial charge on any atom is -0.311 e. The summed E-state index contributed by atoms with van der Waals surface area (Å²) in [6.07, 6.45) is 0. The van der Waals surface area contributed by atoms with Gasteiger partial charge in [-0.3, -0.25) is 4.79 Å². The number of hydrogen-bond acceptors (Lipinski definition) is 2. The van der Waals surface area contributed by atoms with E-state index in [2.05, 4.69) is 6.07 Å². The fraction of sp³-hybridized carbons (Fsp3) is 0.0833. The van der Waals surface area contributed by atoms with Crippen molar-refractivity contribution in [2.75, 3.05) is 0 Å². The zero-order chi connectivity index (χ0) is 10.4. The molecule has 0 bridgehead atoms. The Morgan fingerprint density at radius 1 is 1.13 bits per heavy atom.